The number of nitrogens with zero attached hydrogens (tertiary/aromatic N) is 4. The Morgan fingerprint density at radius 1 is 0.867 bits per heavy atom. The molecular weight excluding hydrogens is 370 g/mol. The lowest BCUT2D eigenvalue weighted by atomic mass is 10.1. The fourth-order valence-corrected chi connectivity index (χ4v) is 4.12. The maximum absolute atomic E-state index is 5.65. The standard InChI is InChI=1S/C25H37N5/c1-4-7-8-9-10-11-14-30-23(19-29(5-2)6-3)16-21-15-20(12-13-24(21)30)22-17-27-25(26)28-18-22/h12-13,15-18H,4-11,14,19H2,1-3H3,(H2,26,27,28). The van der Waals surface area contributed by atoms with Crippen molar-refractivity contribution >= 4 is 16.9 Å². The minimum absolute atomic E-state index is 0.312. The molecule has 30 heavy (non-hydrogen) atoms. The molecule has 0 aliphatic carbocycles. The third kappa shape index (κ3) is 5.60. The van der Waals surface area contributed by atoms with Crippen molar-refractivity contribution in [3.8, 4) is 11.1 Å². The summed E-state index contributed by atoms with van der Waals surface area (Å²) in [5, 5.41) is 1.29. The number of nitrogen functional groups attached to an aromatic ring is 1. The van der Waals surface area contributed by atoms with Gasteiger partial charge in [0.1, 0.15) is 0 Å². The molecule has 1 aromatic carbocycles. The highest BCUT2D eigenvalue weighted by Crippen LogP contribution is 2.28. The number of anilines is 1. The summed E-state index contributed by atoms with van der Waals surface area (Å²) in [6, 6.07) is 9.06. The van der Waals surface area contributed by atoms with E-state index in [0.717, 1.165) is 37.3 Å². The molecule has 162 valence electrons. The molecule has 0 bridgehead atoms. The lowest BCUT2D eigenvalue weighted by Gasteiger charge is -2.20. The Morgan fingerprint density at radius 2 is 1.57 bits per heavy atom. The summed E-state index contributed by atoms with van der Waals surface area (Å²) in [6.07, 6.45) is 11.5. The van der Waals surface area contributed by atoms with Gasteiger partial charge >= 0.3 is 0 Å². The van der Waals surface area contributed by atoms with Gasteiger partial charge < -0.3 is 10.3 Å². The Bertz CT molecular complexity index is 909. The van der Waals surface area contributed by atoms with Crippen molar-refractivity contribution in [1.82, 2.24) is 19.4 Å². The molecule has 0 saturated carbocycles. The number of hydrogen-bond acceptors (Lipinski definition) is 4. The predicted molar refractivity (Wildman–Crippen MR) is 127 cm³/mol. The second-order valence-electron chi connectivity index (χ2n) is 8.12. The third-order valence-electron chi connectivity index (χ3n) is 6.01. The number of hydrogen-bond donors (Lipinski definition) is 1. The Labute approximate surface area is 181 Å². The van der Waals surface area contributed by atoms with E-state index in [9.17, 15) is 0 Å². The largest absolute Gasteiger partial charge is 0.368 e. The second-order valence-corrected chi connectivity index (χ2v) is 8.12. The minimum atomic E-state index is 0.312. The molecule has 0 saturated heterocycles. The van der Waals surface area contributed by atoms with Crippen molar-refractivity contribution in [2.45, 2.75) is 72.4 Å². The molecule has 3 aromatic rings. The molecule has 0 fully saturated rings. The quantitative estimate of drug-likeness (QED) is 0.381. The molecule has 2 N–H and O–H groups in total. The van der Waals surface area contributed by atoms with Crippen LogP contribution in [0.5, 0.6) is 0 Å². The maximum Gasteiger partial charge on any atom is 0.219 e. The number of nitrogens with two attached hydrogens (primary N) is 1. The lowest BCUT2D eigenvalue weighted by Crippen LogP contribution is -2.23. The van der Waals surface area contributed by atoms with E-state index in [1.807, 2.05) is 0 Å². The molecule has 5 heteroatoms. The second kappa shape index (κ2) is 11.1. The highest BCUT2D eigenvalue weighted by Gasteiger charge is 2.12. The van der Waals surface area contributed by atoms with Gasteiger partial charge in [0.05, 0.1) is 0 Å². The van der Waals surface area contributed by atoms with Gasteiger partial charge in [-0.25, -0.2) is 9.97 Å². The monoisotopic (exact) mass is 407 g/mol. The number of benzene rings is 1. The number of aromatic nitrogens is 3. The highest BCUT2D eigenvalue weighted by molar-refractivity contribution is 5.86. The molecule has 0 spiro atoms. The SMILES string of the molecule is CCCCCCCCn1c(CN(CC)CC)cc2cc(-c3cnc(N)nc3)ccc21. The first-order valence-corrected chi connectivity index (χ1v) is 11.6. The molecule has 0 aliphatic rings. The van der Waals surface area contributed by atoms with Crippen LogP contribution < -0.4 is 5.73 Å². The number of rotatable bonds is 12. The van der Waals surface area contributed by atoms with Gasteiger partial charge in [-0.1, -0.05) is 58.9 Å². The first-order chi connectivity index (χ1) is 14.7. The minimum Gasteiger partial charge on any atom is -0.368 e. The van der Waals surface area contributed by atoms with Crippen molar-refractivity contribution in [1.29, 1.82) is 0 Å². The number of aryl methyl sites for hydroxylation is 1. The van der Waals surface area contributed by atoms with Gasteiger partial charge in [-0.05, 0) is 43.3 Å². The Kier molecular flexibility index (Phi) is 8.26. The van der Waals surface area contributed by atoms with Crippen molar-refractivity contribution in [2.75, 3.05) is 18.8 Å². The van der Waals surface area contributed by atoms with Crippen LogP contribution in [0, 0.1) is 0 Å². The van der Waals surface area contributed by atoms with Crippen LogP contribution >= 0.6 is 0 Å². The van der Waals surface area contributed by atoms with E-state index in [-0.39, 0.29) is 0 Å². The predicted octanol–water partition coefficient (Wildman–Crippen LogP) is 5.88. The van der Waals surface area contributed by atoms with E-state index >= 15 is 0 Å². The summed E-state index contributed by atoms with van der Waals surface area (Å²) in [5.41, 5.74) is 10.5. The summed E-state index contributed by atoms with van der Waals surface area (Å²) in [6.45, 7) is 11.0. The van der Waals surface area contributed by atoms with E-state index in [4.69, 9.17) is 5.73 Å². The lowest BCUT2D eigenvalue weighted by molar-refractivity contribution is 0.287. The first-order valence-electron chi connectivity index (χ1n) is 11.6. The van der Waals surface area contributed by atoms with Crippen molar-refractivity contribution in [2.24, 2.45) is 0 Å². The van der Waals surface area contributed by atoms with Crippen molar-refractivity contribution in [3.05, 3.63) is 42.4 Å². The van der Waals surface area contributed by atoms with E-state index in [0.29, 0.717) is 5.95 Å². The molecule has 3 rings (SSSR count). The van der Waals surface area contributed by atoms with Crippen LogP contribution in [0.4, 0.5) is 5.95 Å². The normalized spacial score (nSPS) is 11.6. The summed E-state index contributed by atoms with van der Waals surface area (Å²) in [4.78, 5) is 10.8. The summed E-state index contributed by atoms with van der Waals surface area (Å²) in [5.74, 6) is 0.312. The molecule has 5 nitrogen and oxygen atoms in total. The summed E-state index contributed by atoms with van der Waals surface area (Å²) < 4.78 is 2.54. The average Bonchev–Trinajstić information content (AvgIpc) is 3.11. The van der Waals surface area contributed by atoms with E-state index in [2.05, 4.69) is 64.5 Å². The van der Waals surface area contributed by atoms with Crippen molar-refractivity contribution < 1.29 is 0 Å². The van der Waals surface area contributed by atoms with Gasteiger partial charge in [0.15, 0.2) is 0 Å². The summed E-state index contributed by atoms with van der Waals surface area (Å²) in [7, 11) is 0. The van der Waals surface area contributed by atoms with E-state index < -0.39 is 0 Å². The van der Waals surface area contributed by atoms with E-state index in [1.54, 1.807) is 12.4 Å². The molecule has 0 unspecified atom stereocenters. The fourth-order valence-electron chi connectivity index (χ4n) is 4.12. The smallest absolute Gasteiger partial charge is 0.219 e. The Hall–Kier alpha value is -2.40. The average molecular weight is 408 g/mol. The Balaban J connectivity index is 1.85. The summed E-state index contributed by atoms with van der Waals surface area (Å²) >= 11 is 0. The van der Waals surface area contributed by atoms with Gasteiger partial charge in [0.25, 0.3) is 0 Å². The van der Waals surface area contributed by atoms with Crippen LogP contribution in [0.25, 0.3) is 22.0 Å². The zero-order chi connectivity index (χ0) is 21.3. The molecule has 0 radical (unpaired) electrons. The molecule has 0 amide bonds. The van der Waals surface area contributed by atoms with Gasteiger partial charge in [0, 0.05) is 47.6 Å². The van der Waals surface area contributed by atoms with Crippen LogP contribution in [-0.4, -0.2) is 32.5 Å². The Morgan fingerprint density at radius 3 is 2.27 bits per heavy atom. The number of fused-ring (bicyclic) bond motifs is 1. The fraction of sp³-hybridized carbons (Fsp3) is 0.520. The maximum atomic E-state index is 5.65. The molecular formula is C25H37N5. The molecule has 2 heterocycles. The number of unbranched alkanes of at least 4 members (excludes halogenated alkanes) is 5. The zero-order valence-corrected chi connectivity index (χ0v) is 18.9. The topological polar surface area (TPSA) is 60.0 Å². The molecule has 2 aromatic heterocycles. The van der Waals surface area contributed by atoms with Gasteiger partial charge in [-0.3, -0.25) is 4.90 Å². The molecule has 0 aliphatic heterocycles. The van der Waals surface area contributed by atoms with Crippen LogP contribution in [0.2, 0.25) is 0 Å². The van der Waals surface area contributed by atoms with Crippen LogP contribution in [0.1, 0.15) is 65.0 Å². The van der Waals surface area contributed by atoms with Gasteiger partial charge in [-0.2, -0.15) is 0 Å². The van der Waals surface area contributed by atoms with Crippen molar-refractivity contribution in [3.63, 3.8) is 0 Å². The van der Waals surface area contributed by atoms with Gasteiger partial charge in [-0.15, -0.1) is 0 Å². The van der Waals surface area contributed by atoms with Gasteiger partial charge in [0.2, 0.25) is 5.95 Å². The van der Waals surface area contributed by atoms with E-state index in [1.165, 1.54) is 55.1 Å². The highest BCUT2D eigenvalue weighted by atomic mass is 15.1. The molecule has 0 atom stereocenters. The first kappa shape index (κ1) is 22.3. The van der Waals surface area contributed by atoms with Crippen LogP contribution in [-0.2, 0) is 13.1 Å². The van der Waals surface area contributed by atoms with Crippen LogP contribution in [0.15, 0.2) is 36.7 Å². The van der Waals surface area contributed by atoms with Crippen LogP contribution in [0.3, 0.4) is 0 Å². The third-order valence-corrected chi connectivity index (χ3v) is 6.01. The zero-order valence-electron chi connectivity index (χ0n) is 18.9.